The number of hydrogen-bond acceptors (Lipinski definition) is 3. The smallest absolute Gasteiger partial charge is 0.128 e. The Hall–Kier alpha value is -1.09. The van der Waals surface area contributed by atoms with Crippen molar-refractivity contribution in [3.05, 3.63) is 24.4 Å². The molecule has 0 spiro atoms. The van der Waals surface area contributed by atoms with E-state index >= 15 is 0 Å². The van der Waals surface area contributed by atoms with Gasteiger partial charge in [-0.2, -0.15) is 0 Å². The van der Waals surface area contributed by atoms with Gasteiger partial charge in [0.1, 0.15) is 5.82 Å². The predicted molar refractivity (Wildman–Crippen MR) is 57.4 cm³/mol. The van der Waals surface area contributed by atoms with Crippen LogP contribution in [0.4, 0.5) is 5.82 Å². The molecule has 1 fully saturated rings. The maximum atomic E-state index is 4.30. The number of hydrogen-bond donors (Lipinski definition) is 1. The largest absolute Gasteiger partial charge is 0.357 e. The summed E-state index contributed by atoms with van der Waals surface area (Å²) in [5.74, 6) is 1.05. The van der Waals surface area contributed by atoms with Crippen molar-refractivity contribution in [3.8, 4) is 0 Å². The summed E-state index contributed by atoms with van der Waals surface area (Å²) in [6.07, 6.45) is 4.14. The van der Waals surface area contributed by atoms with E-state index < -0.39 is 0 Å². The SMILES string of the molecule is CN(c1cc[c]cn1)C1CCNCC1. The minimum atomic E-state index is 0.631. The Morgan fingerprint density at radius 1 is 1.50 bits per heavy atom. The quantitative estimate of drug-likeness (QED) is 0.756. The minimum absolute atomic E-state index is 0.631. The topological polar surface area (TPSA) is 28.2 Å². The van der Waals surface area contributed by atoms with Crippen LogP contribution < -0.4 is 10.2 Å². The molecule has 0 unspecified atom stereocenters. The highest BCUT2D eigenvalue weighted by molar-refractivity contribution is 5.37. The fraction of sp³-hybridized carbons (Fsp3) is 0.545. The van der Waals surface area contributed by atoms with Crippen LogP contribution in [-0.4, -0.2) is 31.2 Å². The summed E-state index contributed by atoms with van der Waals surface area (Å²) in [5.41, 5.74) is 0. The molecule has 0 amide bonds. The first-order valence-electron chi connectivity index (χ1n) is 5.13. The first-order valence-corrected chi connectivity index (χ1v) is 5.13. The lowest BCUT2D eigenvalue weighted by molar-refractivity contribution is 0.442. The summed E-state index contributed by atoms with van der Waals surface area (Å²) < 4.78 is 0. The fourth-order valence-electron chi connectivity index (χ4n) is 1.90. The van der Waals surface area contributed by atoms with Crippen LogP contribution >= 0.6 is 0 Å². The predicted octanol–water partition coefficient (Wildman–Crippen LogP) is 1.07. The molecule has 1 N–H and O–H groups in total. The molecular weight excluding hydrogens is 174 g/mol. The molecule has 0 aliphatic carbocycles. The van der Waals surface area contributed by atoms with Crippen LogP contribution in [0.5, 0.6) is 0 Å². The molecule has 1 radical (unpaired) electrons. The molecule has 1 aliphatic heterocycles. The van der Waals surface area contributed by atoms with Crippen molar-refractivity contribution in [3.63, 3.8) is 0 Å². The lowest BCUT2D eigenvalue weighted by Crippen LogP contribution is -2.41. The standard InChI is InChI=1S/C11H16N3/c1-14(10-5-8-12-9-6-10)11-4-2-3-7-13-11/h2,4,7,10,12H,5-6,8-9H2,1H3. The van der Waals surface area contributed by atoms with Gasteiger partial charge in [-0.1, -0.05) is 0 Å². The number of aromatic nitrogens is 1. The van der Waals surface area contributed by atoms with Crippen molar-refractivity contribution in [2.24, 2.45) is 0 Å². The molecule has 2 rings (SSSR count). The van der Waals surface area contributed by atoms with Gasteiger partial charge in [-0.15, -0.1) is 0 Å². The molecule has 75 valence electrons. The number of nitrogens with zero attached hydrogens (tertiary/aromatic N) is 2. The Labute approximate surface area is 85.1 Å². The van der Waals surface area contributed by atoms with Gasteiger partial charge in [-0.3, -0.25) is 0 Å². The van der Waals surface area contributed by atoms with Gasteiger partial charge < -0.3 is 10.2 Å². The maximum Gasteiger partial charge on any atom is 0.128 e. The Morgan fingerprint density at radius 2 is 2.29 bits per heavy atom. The van der Waals surface area contributed by atoms with Gasteiger partial charge in [0.2, 0.25) is 0 Å². The van der Waals surface area contributed by atoms with Gasteiger partial charge in [0, 0.05) is 25.4 Å². The van der Waals surface area contributed by atoms with Crippen LogP contribution in [0.3, 0.4) is 0 Å². The molecule has 3 nitrogen and oxygen atoms in total. The Bertz CT molecular complexity index is 267. The molecule has 0 aromatic carbocycles. The van der Waals surface area contributed by atoms with Crippen LogP contribution in [0.2, 0.25) is 0 Å². The molecule has 2 heterocycles. The second-order valence-electron chi connectivity index (χ2n) is 3.71. The average molecular weight is 190 g/mol. The van der Waals surface area contributed by atoms with E-state index in [9.17, 15) is 0 Å². The Balaban J connectivity index is 2.03. The van der Waals surface area contributed by atoms with Crippen molar-refractivity contribution in [2.45, 2.75) is 18.9 Å². The summed E-state index contributed by atoms with van der Waals surface area (Å²) in [7, 11) is 2.12. The van der Waals surface area contributed by atoms with E-state index in [-0.39, 0.29) is 0 Å². The van der Waals surface area contributed by atoms with Crippen LogP contribution in [0.15, 0.2) is 18.3 Å². The van der Waals surface area contributed by atoms with E-state index in [0.717, 1.165) is 18.9 Å². The third-order valence-electron chi connectivity index (χ3n) is 2.82. The molecule has 0 atom stereocenters. The molecule has 1 aromatic rings. The molecule has 0 bridgehead atoms. The minimum Gasteiger partial charge on any atom is -0.357 e. The zero-order chi connectivity index (χ0) is 9.80. The van der Waals surface area contributed by atoms with Crippen molar-refractivity contribution >= 4 is 5.82 Å². The van der Waals surface area contributed by atoms with Gasteiger partial charge in [0.25, 0.3) is 0 Å². The van der Waals surface area contributed by atoms with Gasteiger partial charge in [-0.25, -0.2) is 4.98 Å². The van der Waals surface area contributed by atoms with Crippen molar-refractivity contribution < 1.29 is 0 Å². The molecule has 0 saturated carbocycles. The summed E-state index contributed by atoms with van der Waals surface area (Å²) in [5, 5.41) is 3.37. The van der Waals surface area contributed by atoms with E-state index in [1.807, 2.05) is 12.1 Å². The zero-order valence-corrected chi connectivity index (χ0v) is 8.53. The van der Waals surface area contributed by atoms with E-state index in [4.69, 9.17) is 0 Å². The highest BCUT2D eigenvalue weighted by atomic mass is 15.2. The second kappa shape index (κ2) is 4.42. The number of pyridine rings is 1. The highest BCUT2D eigenvalue weighted by Crippen LogP contribution is 2.16. The lowest BCUT2D eigenvalue weighted by atomic mass is 10.1. The normalized spacial score (nSPS) is 18.1. The van der Waals surface area contributed by atoms with E-state index in [1.54, 1.807) is 6.20 Å². The fourth-order valence-corrected chi connectivity index (χ4v) is 1.90. The van der Waals surface area contributed by atoms with Gasteiger partial charge in [-0.05, 0) is 38.1 Å². The maximum absolute atomic E-state index is 4.30. The number of anilines is 1. The highest BCUT2D eigenvalue weighted by Gasteiger charge is 2.18. The number of rotatable bonds is 2. The van der Waals surface area contributed by atoms with E-state index in [0.29, 0.717) is 6.04 Å². The molecule has 3 heteroatoms. The first kappa shape index (κ1) is 9.46. The first-order chi connectivity index (χ1) is 6.88. The van der Waals surface area contributed by atoms with Crippen molar-refractivity contribution in [2.75, 3.05) is 25.0 Å². The average Bonchev–Trinajstić information content (AvgIpc) is 2.30. The van der Waals surface area contributed by atoms with E-state index in [2.05, 4.69) is 28.3 Å². The number of piperidine rings is 1. The van der Waals surface area contributed by atoms with Crippen LogP contribution in [-0.2, 0) is 0 Å². The lowest BCUT2D eigenvalue weighted by Gasteiger charge is -2.32. The van der Waals surface area contributed by atoms with Crippen molar-refractivity contribution in [1.82, 2.24) is 10.3 Å². The Morgan fingerprint density at radius 3 is 2.93 bits per heavy atom. The van der Waals surface area contributed by atoms with Gasteiger partial charge >= 0.3 is 0 Å². The van der Waals surface area contributed by atoms with Crippen molar-refractivity contribution in [1.29, 1.82) is 0 Å². The Kier molecular flexibility index (Phi) is 2.99. The summed E-state index contributed by atoms with van der Waals surface area (Å²) in [4.78, 5) is 6.58. The molecule has 1 saturated heterocycles. The summed E-state index contributed by atoms with van der Waals surface area (Å²) >= 11 is 0. The van der Waals surface area contributed by atoms with E-state index in [1.165, 1.54) is 12.8 Å². The van der Waals surface area contributed by atoms with Crippen LogP contribution in [0, 0.1) is 6.07 Å². The second-order valence-corrected chi connectivity index (χ2v) is 3.71. The molecule has 1 aliphatic rings. The zero-order valence-electron chi connectivity index (χ0n) is 8.53. The monoisotopic (exact) mass is 190 g/mol. The summed E-state index contributed by atoms with van der Waals surface area (Å²) in [6.45, 7) is 2.24. The third-order valence-corrected chi connectivity index (χ3v) is 2.82. The number of nitrogens with one attached hydrogen (secondary N) is 1. The molecular formula is C11H16N3. The third kappa shape index (κ3) is 2.04. The summed E-state index contributed by atoms with van der Waals surface area (Å²) in [6, 6.07) is 7.50. The molecule has 1 aromatic heterocycles. The van der Waals surface area contributed by atoms with Crippen LogP contribution in [0.25, 0.3) is 0 Å². The molecule has 14 heavy (non-hydrogen) atoms. The van der Waals surface area contributed by atoms with Gasteiger partial charge in [0.05, 0.1) is 0 Å². The van der Waals surface area contributed by atoms with Gasteiger partial charge in [0.15, 0.2) is 0 Å². The van der Waals surface area contributed by atoms with Crippen LogP contribution in [0.1, 0.15) is 12.8 Å².